The Kier molecular flexibility index (Phi) is 5.55. The van der Waals surface area contributed by atoms with Gasteiger partial charge in [-0.2, -0.15) is 0 Å². The summed E-state index contributed by atoms with van der Waals surface area (Å²) in [5.74, 6) is -0.112. The molecule has 0 aliphatic carbocycles. The zero-order valence-corrected chi connectivity index (χ0v) is 14.6. The van der Waals surface area contributed by atoms with Gasteiger partial charge in [-0.05, 0) is 30.0 Å². The summed E-state index contributed by atoms with van der Waals surface area (Å²) in [6, 6.07) is 11.5. The molecule has 0 unspecified atom stereocenters. The Morgan fingerprint density at radius 3 is 2.75 bits per heavy atom. The van der Waals surface area contributed by atoms with Crippen molar-refractivity contribution >= 4 is 44.7 Å². The third kappa shape index (κ3) is 4.39. The van der Waals surface area contributed by atoms with Crippen LogP contribution in [0, 0.1) is 0 Å². The first-order chi connectivity index (χ1) is 11.7. The molecule has 5 nitrogen and oxygen atoms in total. The summed E-state index contributed by atoms with van der Waals surface area (Å²) in [5.41, 5.74) is 0.961. The molecule has 0 atom stereocenters. The van der Waals surface area contributed by atoms with E-state index >= 15 is 0 Å². The monoisotopic (exact) mass is 359 g/mol. The minimum Gasteiger partial charge on any atom is -0.351 e. The van der Waals surface area contributed by atoms with Crippen molar-refractivity contribution in [2.24, 2.45) is 0 Å². The third-order valence-electron chi connectivity index (χ3n) is 3.39. The van der Waals surface area contributed by atoms with Gasteiger partial charge in [0.25, 0.3) is 5.91 Å². The van der Waals surface area contributed by atoms with E-state index < -0.39 is 0 Å². The second-order valence-corrected chi connectivity index (χ2v) is 7.25. The number of amides is 2. The van der Waals surface area contributed by atoms with E-state index in [1.165, 1.54) is 11.3 Å². The highest BCUT2D eigenvalue weighted by molar-refractivity contribution is 7.18. The summed E-state index contributed by atoms with van der Waals surface area (Å²) < 4.78 is 1.12. The van der Waals surface area contributed by atoms with Gasteiger partial charge in [0.15, 0.2) is 0 Å². The van der Waals surface area contributed by atoms with Crippen molar-refractivity contribution in [2.75, 3.05) is 6.54 Å². The highest BCUT2D eigenvalue weighted by Gasteiger charge is 2.07. The minimum absolute atomic E-state index is 0.0281. The van der Waals surface area contributed by atoms with Crippen molar-refractivity contribution in [1.29, 1.82) is 0 Å². The quantitative estimate of drug-likeness (QED) is 0.637. The first-order valence-electron chi connectivity index (χ1n) is 7.65. The van der Waals surface area contributed by atoms with Crippen molar-refractivity contribution in [3.8, 4) is 0 Å². The van der Waals surface area contributed by atoms with Gasteiger partial charge in [0.1, 0.15) is 5.01 Å². The van der Waals surface area contributed by atoms with Crippen molar-refractivity contribution in [2.45, 2.75) is 19.4 Å². The smallest absolute Gasteiger partial charge is 0.261 e. The molecule has 2 heterocycles. The van der Waals surface area contributed by atoms with Gasteiger partial charge < -0.3 is 10.6 Å². The molecular weight excluding hydrogens is 342 g/mol. The largest absolute Gasteiger partial charge is 0.351 e. The number of thiophene rings is 1. The Morgan fingerprint density at radius 2 is 1.96 bits per heavy atom. The van der Waals surface area contributed by atoms with E-state index in [1.807, 2.05) is 35.7 Å². The number of benzene rings is 1. The second kappa shape index (κ2) is 8.03. The first kappa shape index (κ1) is 16.6. The average Bonchev–Trinajstić information content (AvgIpc) is 3.25. The molecule has 24 heavy (non-hydrogen) atoms. The van der Waals surface area contributed by atoms with E-state index in [-0.39, 0.29) is 11.8 Å². The van der Waals surface area contributed by atoms with Gasteiger partial charge in [-0.15, -0.1) is 22.7 Å². The van der Waals surface area contributed by atoms with Gasteiger partial charge >= 0.3 is 0 Å². The van der Waals surface area contributed by atoms with Crippen molar-refractivity contribution in [3.63, 3.8) is 0 Å². The Bertz CT molecular complexity index is 794. The molecule has 0 saturated carbocycles. The van der Waals surface area contributed by atoms with Crippen LogP contribution in [0.3, 0.4) is 0 Å². The Labute approximate surface area is 147 Å². The fraction of sp³-hybridized carbons (Fsp3) is 0.235. The number of carbonyl (C=O) groups excluding carboxylic acids is 2. The molecule has 7 heteroatoms. The van der Waals surface area contributed by atoms with Gasteiger partial charge in [-0.25, -0.2) is 4.98 Å². The lowest BCUT2D eigenvalue weighted by Crippen LogP contribution is -2.26. The molecule has 2 amide bonds. The molecule has 0 fully saturated rings. The van der Waals surface area contributed by atoms with Crippen LogP contribution in [0.5, 0.6) is 0 Å². The van der Waals surface area contributed by atoms with E-state index in [0.29, 0.717) is 30.8 Å². The van der Waals surface area contributed by atoms with Gasteiger partial charge in [0, 0.05) is 13.0 Å². The maximum absolute atomic E-state index is 11.9. The summed E-state index contributed by atoms with van der Waals surface area (Å²) in [5, 5.41) is 8.45. The summed E-state index contributed by atoms with van der Waals surface area (Å²) in [6.45, 7) is 0.936. The van der Waals surface area contributed by atoms with Crippen LogP contribution < -0.4 is 10.6 Å². The van der Waals surface area contributed by atoms with Crippen LogP contribution >= 0.6 is 22.7 Å². The average molecular weight is 359 g/mol. The van der Waals surface area contributed by atoms with Crippen molar-refractivity contribution in [1.82, 2.24) is 15.6 Å². The first-order valence-corrected chi connectivity index (χ1v) is 9.35. The number of thiazole rings is 1. The standard InChI is InChI=1S/C17H17N3O2S2/c21-15(8-3-9-18-17(22)14-7-4-10-23-14)19-11-16-20-12-5-1-2-6-13(12)24-16/h1-2,4-7,10H,3,8-9,11H2,(H,18,22)(H,19,21). The molecule has 0 aliphatic heterocycles. The van der Waals surface area contributed by atoms with E-state index in [0.717, 1.165) is 15.2 Å². The molecule has 0 aliphatic rings. The molecule has 2 N–H and O–H groups in total. The van der Waals surface area contributed by atoms with E-state index in [9.17, 15) is 9.59 Å². The number of carbonyl (C=O) groups is 2. The maximum atomic E-state index is 11.9. The van der Waals surface area contributed by atoms with Gasteiger partial charge in [0.05, 0.1) is 21.6 Å². The van der Waals surface area contributed by atoms with Gasteiger partial charge in [-0.3, -0.25) is 9.59 Å². The van der Waals surface area contributed by atoms with Crippen LogP contribution in [0.1, 0.15) is 27.5 Å². The molecular formula is C17H17N3O2S2. The number of rotatable bonds is 7. The molecule has 124 valence electrons. The number of nitrogens with one attached hydrogen (secondary N) is 2. The van der Waals surface area contributed by atoms with Crippen molar-refractivity contribution < 1.29 is 9.59 Å². The molecule has 3 aromatic rings. The zero-order chi connectivity index (χ0) is 16.8. The Hall–Kier alpha value is -2.25. The molecule has 0 bridgehead atoms. The fourth-order valence-electron chi connectivity index (χ4n) is 2.20. The number of fused-ring (bicyclic) bond motifs is 1. The number of para-hydroxylation sites is 1. The molecule has 0 radical (unpaired) electrons. The van der Waals surface area contributed by atoms with Crippen molar-refractivity contribution in [3.05, 3.63) is 51.7 Å². The lowest BCUT2D eigenvalue weighted by atomic mass is 10.3. The highest BCUT2D eigenvalue weighted by atomic mass is 32.1. The zero-order valence-electron chi connectivity index (χ0n) is 13.0. The lowest BCUT2D eigenvalue weighted by molar-refractivity contribution is -0.121. The van der Waals surface area contributed by atoms with Crippen LogP contribution in [-0.2, 0) is 11.3 Å². The van der Waals surface area contributed by atoms with Crippen LogP contribution in [0.25, 0.3) is 10.2 Å². The summed E-state index contributed by atoms with van der Waals surface area (Å²) in [7, 11) is 0. The van der Waals surface area contributed by atoms with E-state index in [2.05, 4.69) is 15.6 Å². The van der Waals surface area contributed by atoms with E-state index in [1.54, 1.807) is 17.4 Å². The predicted molar refractivity (Wildman–Crippen MR) is 97.4 cm³/mol. The number of aromatic nitrogens is 1. The third-order valence-corrected chi connectivity index (χ3v) is 5.29. The normalized spacial score (nSPS) is 10.7. The number of nitrogens with zero attached hydrogens (tertiary/aromatic N) is 1. The topological polar surface area (TPSA) is 71.1 Å². The molecule has 3 rings (SSSR count). The molecule has 0 spiro atoms. The minimum atomic E-state index is -0.0834. The van der Waals surface area contributed by atoms with Gasteiger partial charge in [-0.1, -0.05) is 18.2 Å². The summed E-state index contributed by atoms with van der Waals surface area (Å²) >= 11 is 2.99. The predicted octanol–water partition coefficient (Wildman–Crippen LogP) is 3.18. The number of hydrogen-bond acceptors (Lipinski definition) is 5. The SMILES string of the molecule is O=C(CCCNC(=O)c1cccs1)NCc1nc2ccccc2s1. The van der Waals surface area contributed by atoms with Gasteiger partial charge in [0.2, 0.25) is 5.91 Å². The molecule has 1 aromatic carbocycles. The summed E-state index contributed by atoms with van der Waals surface area (Å²) in [6.07, 6.45) is 0.998. The maximum Gasteiger partial charge on any atom is 0.261 e. The van der Waals surface area contributed by atoms with Crippen LogP contribution in [0.15, 0.2) is 41.8 Å². The highest BCUT2D eigenvalue weighted by Crippen LogP contribution is 2.21. The molecule has 0 saturated heterocycles. The van der Waals surface area contributed by atoms with Crippen LogP contribution in [-0.4, -0.2) is 23.3 Å². The van der Waals surface area contributed by atoms with Crippen LogP contribution in [0.2, 0.25) is 0 Å². The fourth-order valence-corrected chi connectivity index (χ4v) is 3.75. The lowest BCUT2D eigenvalue weighted by Gasteiger charge is -2.04. The van der Waals surface area contributed by atoms with Crippen LogP contribution in [0.4, 0.5) is 0 Å². The Morgan fingerprint density at radius 1 is 1.08 bits per heavy atom. The summed E-state index contributed by atoms with van der Waals surface area (Å²) in [4.78, 5) is 28.8. The Balaban J connectivity index is 1.36. The van der Waals surface area contributed by atoms with E-state index in [4.69, 9.17) is 0 Å². The number of hydrogen-bond donors (Lipinski definition) is 2. The molecule has 2 aromatic heterocycles. The second-order valence-electron chi connectivity index (χ2n) is 5.19.